The minimum Gasteiger partial charge on any atom is -0.493 e. The first-order chi connectivity index (χ1) is 17.7. The molecule has 0 spiro atoms. The predicted molar refractivity (Wildman–Crippen MR) is 153 cm³/mol. The van der Waals surface area contributed by atoms with Crippen LogP contribution in [0.1, 0.15) is 56.0 Å². The number of pyridine rings is 1. The van der Waals surface area contributed by atoms with Crippen LogP contribution in [0, 0.1) is 0 Å². The molecular formula is C28H34N4O3S2. The number of methoxy groups -OCH3 is 2. The average Bonchev–Trinajstić information content (AvgIpc) is 3.26. The Morgan fingerprint density at radius 3 is 2.59 bits per heavy atom. The highest BCUT2D eigenvalue weighted by atomic mass is 32.2. The molecule has 0 atom stereocenters. The van der Waals surface area contributed by atoms with Gasteiger partial charge in [0.2, 0.25) is 0 Å². The van der Waals surface area contributed by atoms with Gasteiger partial charge in [-0.1, -0.05) is 31.7 Å². The van der Waals surface area contributed by atoms with Crippen molar-refractivity contribution >= 4 is 49.3 Å². The van der Waals surface area contributed by atoms with E-state index in [-0.39, 0.29) is 5.60 Å². The number of nitrogens with one attached hydrogen (secondary N) is 1. The Labute approximate surface area is 226 Å². The summed E-state index contributed by atoms with van der Waals surface area (Å²) in [5, 5.41) is 5.51. The summed E-state index contributed by atoms with van der Waals surface area (Å²) in [5.41, 5.74) is 5.62. The smallest absolute Gasteiger partial charge is 0.189 e. The summed E-state index contributed by atoms with van der Waals surface area (Å²) in [7, 11) is 3.31. The molecule has 3 aromatic heterocycles. The normalized spacial score (nSPS) is 14.8. The van der Waals surface area contributed by atoms with E-state index in [1.54, 1.807) is 37.3 Å². The van der Waals surface area contributed by atoms with Crippen molar-refractivity contribution < 1.29 is 14.2 Å². The first-order valence-electron chi connectivity index (χ1n) is 12.5. The molecule has 0 amide bonds. The summed E-state index contributed by atoms with van der Waals surface area (Å²) in [6, 6.07) is 6.04. The molecule has 1 aliphatic heterocycles. The third-order valence-corrected chi connectivity index (χ3v) is 8.41. The maximum absolute atomic E-state index is 6.21. The number of fused-ring (bicyclic) bond motifs is 5. The van der Waals surface area contributed by atoms with Gasteiger partial charge in [-0.2, -0.15) is 0 Å². The van der Waals surface area contributed by atoms with Crippen molar-refractivity contribution in [2.75, 3.05) is 32.3 Å². The predicted octanol–water partition coefficient (Wildman–Crippen LogP) is 6.61. The fourth-order valence-corrected chi connectivity index (χ4v) is 6.41. The van der Waals surface area contributed by atoms with E-state index < -0.39 is 0 Å². The van der Waals surface area contributed by atoms with Crippen LogP contribution in [0.2, 0.25) is 0 Å². The van der Waals surface area contributed by atoms with Crippen LogP contribution >= 0.6 is 23.1 Å². The van der Waals surface area contributed by atoms with Crippen LogP contribution in [0.3, 0.4) is 0 Å². The molecule has 0 bridgehead atoms. The van der Waals surface area contributed by atoms with E-state index in [0.29, 0.717) is 12.5 Å². The molecule has 4 aromatic rings. The zero-order valence-electron chi connectivity index (χ0n) is 22.5. The second-order valence-corrected chi connectivity index (χ2v) is 12.0. The lowest BCUT2D eigenvalue weighted by Gasteiger charge is -2.33. The molecular weight excluding hydrogens is 504 g/mol. The number of thiophene rings is 1. The summed E-state index contributed by atoms with van der Waals surface area (Å²) in [6.45, 7) is 10.0. The van der Waals surface area contributed by atoms with Crippen LogP contribution in [0.4, 0.5) is 5.82 Å². The number of hydrogen-bond acceptors (Lipinski definition) is 9. The van der Waals surface area contributed by atoms with Gasteiger partial charge in [-0.05, 0) is 55.7 Å². The Kier molecular flexibility index (Phi) is 7.22. The molecule has 1 aromatic carbocycles. The van der Waals surface area contributed by atoms with E-state index >= 15 is 0 Å². The fraction of sp³-hybridized carbons (Fsp3) is 0.464. The van der Waals surface area contributed by atoms with E-state index in [2.05, 4.69) is 39.1 Å². The van der Waals surface area contributed by atoms with Crippen LogP contribution in [0.25, 0.3) is 20.4 Å². The van der Waals surface area contributed by atoms with Crippen molar-refractivity contribution in [2.24, 2.45) is 0 Å². The van der Waals surface area contributed by atoms with Gasteiger partial charge in [0.1, 0.15) is 10.6 Å². The zero-order chi connectivity index (χ0) is 26.3. The molecule has 0 saturated heterocycles. The molecule has 0 saturated carbocycles. The summed E-state index contributed by atoms with van der Waals surface area (Å²) in [5.74, 6) is 2.66. The molecule has 37 heavy (non-hydrogen) atoms. The van der Waals surface area contributed by atoms with Crippen molar-refractivity contribution in [3.63, 3.8) is 0 Å². The van der Waals surface area contributed by atoms with E-state index in [1.165, 1.54) is 11.1 Å². The zero-order valence-corrected chi connectivity index (χ0v) is 24.2. The van der Waals surface area contributed by atoms with Crippen molar-refractivity contribution in [2.45, 2.75) is 63.8 Å². The Morgan fingerprint density at radius 1 is 1.11 bits per heavy atom. The first-order valence-corrected chi connectivity index (χ1v) is 14.6. The van der Waals surface area contributed by atoms with Gasteiger partial charge in [0, 0.05) is 23.9 Å². The fourth-order valence-electron chi connectivity index (χ4n) is 4.93. The van der Waals surface area contributed by atoms with Crippen LogP contribution in [0.5, 0.6) is 11.5 Å². The van der Waals surface area contributed by atoms with Gasteiger partial charge in [-0.15, -0.1) is 11.3 Å². The molecule has 5 rings (SSSR count). The number of aromatic nitrogens is 3. The van der Waals surface area contributed by atoms with Crippen molar-refractivity contribution in [3.8, 4) is 11.5 Å². The molecule has 7 nitrogen and oxygen atoms in total. The van der Waals surface area contributed by atoms with Gasteiger partial charge >= 0.3 is 0 Å². The molecule has 0 radical (unpaired) electrons. The topological polar surface area (TPSA) is 78.4 Å². The van der Waals surface area contributed by atoms with Gasteiger partial charge < -0.3 is 19.5 Å². The lowest BCUT2D eigenvalue weighted by molar-refractivity contribution is -0.0402. The van der Waals surface area contributed by atoms with Crippen LogP contribution in [0.15, 0.2) is 23.4 Å². The molecule has 1 N–H and O–H groups in total. The number of ether oxygens (including phenoxy) is 3. The van der Waals surface area contributed by atoms with E-state index in [4.69, 9.17) is 29.2 Å². The average molecular weight is 539 g/mol. The third kappa shape index (κ3) is 4.96. The minimum absolute atomic E-state index is 0.223. The van der Waals surface area contributed by atoms with Crippen LogP contribution in [-0.4, -0.2) is 47.6 Å². The van der Waals surface area contributed by atoms with Crippen molar-refractivity contribution in [1.82, 2.24) is 15.0 Å². The summed E-state index contributed by atoms with van der Waals surface area (Å²) >= 11 is 3.24. The first kappa shape index (κ1) is 26.0. The monoisotopic (exact) mass is 538 g/mol. The third-order valence-electron chi connectivity index (χ3n) is 6.78. The second kappa shape index (κ2) is 10.3. The Balaban J connectivity index is 1.56. The Hall–Kier alpha value is -2.62. The van der Waals surface area contributed by atoms with Gasteiger partial charge in [-0.25, -0.2) is 15.0 Å². The highest BCUT2D eigenvalue weighted by Gasteiger charge is 2.32. The molecule has 196 valence electrons. The highest BCUT2D eigenvalue weighted by molar-refractivity contribution is 7.98. The van der Waals surface area contributed by atoms with Crippen molar-refractivity contribution in [1.29, 1.82) is 0 Å². The maximum Gasteiger partial charge on any atom is 0.189 e. The largest absolute Gasteiger partial charge is 0.493 e. The summed E-state index contributed by atoms with van der Waals surface area (Å²) < 4.78 is 18.1. The van der Waals surface area contributed by atoms with Gasteiger partial charge in [0.25, 0.3) is 0 Å². The van der Waals surface area contributed by atoms with Crippen LogP contribution in [-0.2, 0) is 24.2 Å². The van der Waals surface area contributed by atoms with Gasteiger partial charge in [0.05, 0.1) is 42.3 Å². The highest BCUT2D eigenvalue weighted by Crippen LogP contribution is 2.44. The lowest BCUT2D eigenvalue weighted by atomic mass is 9.87. The number of rotatable bonds is 8. The number of hydrogen-bond donors (Lipinski definition) is 1. The number of anilines is 1. The van der Waals surface area contributed by atoms with E-state index in [0.717, 1.165) is 73.6 Å². The maximum atomic E-state index is 6.21. The van der Waals surface area contributed by atoms with Crippen molar-refractivity contribution in [3.05, 3.63) is 40.6 Å². The Morgan fingerprint density at radius 2 is 1.89 bits per heavy atom. The van der Waals surface area contributed by atoms with Gasteiger partial charge in [-0.3, -0.25) is 0 Å². The number of thioether (sulfide) groups is 1. The molecule has 1 aliphatic rings. The molecule has 0 unspecified atom stereocenters. The van der Waals surface area contributed by atoms with E-state index in [1.807, 2.05) is 18.4 Å². The SMILES string of the molecule is COc1ccc(CCNc2nc(SC)nc3c2sc2nc(C(C)C)c4c(c23)CC(C)(C)OC4)cc1OC. The number of nitrogens with zero attached hydrogens (tertiary/aromatic N) is 3. The summed E-state index contributed by atoms with van der Waals surface area (Å²) in [6.07, 6.45) is 3.68. The molecule has 0 aliphatic carbocycles. The van der Waals surface area contributed by atoms with E-state index in [9.17, 15) is 0 Å². The minimum atomic E-state index is -0.223. The van der Waals surface area contributed by atoms with Gasteiger partial charge in [0.15, 0.2) is 16.7 Å². The lowest BCUT2D eigenvalue weighted by Crippen LogP contribution is -2.32. The quantitative estimate of drug-likeness (QED) is 0.198. The second-order valence-electron chi connectivity index (χ2n) is 10.2. The molecule has 0 fully saturated rings. The number of benzene rings is 1. The van der Waals surface area contributed by atoms with Crippen LogP contribution < -0.4 is 14.8 Å². The molecule has 4 heterocycles. The molecule has 9 heteroatoms. The standard InChI is InChI=1S/C28H34N4O3S2/c1-15(2)22-18-14-35-28(3,4)13-17(18)21-23-24(37-26(21)30-22)25(32-27(31-23)36-7)29-11-10-16-8-9-19(33-5)20(12-16)34-6/h8-9,12,15H,10-11,13-14H2,1-7H3,(H,29,31,32). The summed E-state index contributed by atoms with van der Waals surface area (Å²) in [4.78, 5) is 16.0. The Bertz CT molecular complexity index is 1470.